The highest BCUT2D eigenvalue weighted by Gasteiger charge is 2.46. The quantitative estimate of drug-likeness (QED) is 0.110. The Hall–Kier alpha value is -8.73. The van der Waals surface area contributed by atoms with Gasteiger partial charge >= 0.3 is 0 Å². The zero-order valence-electron chi connectivity index (χ0n) is 36.9. The first-order chi connectivity index (χ1) is 33.2. The van der Waals surface area contributed by atoms with Gasteiger partial charge < -0.3 is 15.2 Å². The number of anilines is 4. The van der Waals surface area contributed by atoms with E-state index in [1.54, 1.807) is 0 Å². The summed E-state index contributed by atoms with van der Waals surface area (Å²) in [6.45, 7) is 0.374. The molecule has 1 aliphatic rings. The van der Waals surface area contributed by atoms with E-state index in [1.807, 2.05) is 24.3 Å². The predicted molar refractivity (Wildman–Crippen MR) is 280 cm³/mol. The summed E-state index contributed by atoms with van der Waals surface area (Å²) in [7, 11) is 0. The van der Waals surface area contributed by atoms with Crippen molar-refractivity contribution in [1.29, 1.82) is 0 Å². The molecule has 11 aromatic rings. The Labute approximate surface area is 391 Å². The van der Waals surface area contributed by atoms with Gasteiger partial charge in [0.2, 0.25) is 0 Å². The zero-order valence-corrected chi connectivity index (χ0v) is 36.9. The number of nitrogens with two attached hydrogens (primary N) is 1. The molecule has 318 valence electrons. The highest BCUT2D eigenvalue weighted by molar-refractivity contribution is 6.16. The molecule has 0 saturated heterocycles. The normalized spacial score (nSPS) is 12.8. The Kier molecular flexibility index (Phi) is 9.92. The number of hydrogen-bond donors (Lipinski definition) is 1. The van der Waals surface area contributed by atoms with Gasteiger partial charge in [-0.3, -0.25) is 4.99 Å². The Morgan fingerprint density at radius 2 is 0.925 bits per heavy atom. The summed E-state index contributed by atoms with van der Waals surface area (Å²) < 4.78 is 2.41. The molecule has 67 heavy (non-hydrogen) atoms. The van der Waals surface area contributed by atoms with Crippen LogP contribution in [-0.4, -0.2) is 10.3 Å². The third-order valence-corrected chi connectivity index (χ3v) is 13.6. The van der Waals surface area contributed by atoms with Gasteiger partial charge in [0.15, 0.2) is 0 Å². The standard InChI is InChI=1S/C63H46N4/c64-59-32-18-15-29-56(59)62(45-19-5-1-6-20-45)65-43-66-60-41-46(44-33-37-51(38-34-44)67(49-23-9-3-10-24-49)50-25-11-4-12-26-50)35-39-54(60)55-40-36-48(42-61(55)66)63(47-21-7-2-8-22-47)57-30-16-13-27-52(57)53-28-14-17-31-58(53)63/h1-42H,43,64H2. The second-order valence-corrected chi connectivity index (χ2v) is 17.3. The van der Waals surface area contributed by atoms with Crippen LogP contribution < -0.4 is 10.6 Å². The summed E-state index contributed by atoms with van der Waals surface area (Å²) >= 11 is 0. The molecule has 4 nitrogen and oxygen atoms in total. The summed E-state index contributed by atoms with van der Waals surface area (Å²) in [5.41, 5.74) is 25.0. The van der Waals surface area contributed by atoms with E-state index >= 15 is 0 Å². The molecule has 2 N–H and O–H groups in total. The maximum absolute atomic E-state index is 6.72. The molecule has 0 unspecified atom stereocenters. The monoisotopic (exact) mass is 858 g/mol. The lowest BCUT2D eigenvalue weighted by atomic mass is 9.67. The maximum atomic E-state index is 6.72. The Morgan fingerprint density at radius 3 is 1.55 bits per heavy atom. The minimum absolute atomic E-state index is 0.374. The van der Waals surface area contributed by atoms with E-state index < -0.39 is 5.41 Å². The first kappa shape index (κ1) is 39.8. The van der Waals surface area contributed by atoms with Crippen molar-refractivity contribution < 1.29 is 0 Å². The van der Waals surface area contributed by atoms with E-state index in [1.165, 1.54) is 44.2 Å². The number of nitrogens with zero attached hydrogens (tertiary/aromatic N) is 3. The number of rotatable bonds is 10. The topological polar surface area (TPSA) is 46.5 Å². The molecule has 0 saturated carbocycles. The lowest BCUT2D eigenvalue weighted by Gasteiger charge is -2.34. The molecule has 1 aromatic heterocycles. The van der Waals surface area contributed by atoms with Crippen LogP contribution in [0.4, 0.5) is 22.7 Å². The molecule has 0 fully saturated rings. The lowest BCUT2D eigenvalue weighted by Crippen LogP contribution is -2.28. The Balaban J connectivity index is 1.06. The van der Waals surface area contributed by atoms with Crippen LogP contribution in [0.15, 0.2) is 260 Å². The number of hydrogen-bond acceptors (Lipinski definition) is 3. The van der Waals surface area contributed by atoms with Gasteiger partial charge in [-0.15, -0.1) is 0 Å². The van der Waals surface area contributed by atoms with Crippen molar-refractivity contribution in [3.8, 4) is 22.3 Å². The van der Waals surface area contributed by atoms with Crippen molar-refractivity contribution in [3.63, 3.8) is 0 Å². The fraction of sp³-hybridized carbons (Fsp3) is 0.0317. The second kappa shape index (κ2) is 16.7. The smallest absolute Gasteiger partial charge is 0.115 e. The first-order valence-corrected chi connectivity index (χ1v) is 22.9. The van der Waals surface area contributed by atoms with Crippen LogP contribution in [-0.2, 0) is 12.1 Å². The number of nitrogen functional groups attached to an aromatic ring is 1. The van der Waals surface area contributed by atoms with E-state index in [0.717, 1.165) is 56.1 Å². The van der Waals surface area contributed by atoms with Crippen LogP contribution in [0.2, 0.25) is 0 Å². The Morgan fingerprint density at radius 1 is 0.433 bits per heavy atom. The number of para-hydroxylation sites is 3. The van der Waals surface area contributed by atoms with Crippen LogP contribution in [0.25, 0.3) is 44.1 Å². The van der Waals surface area contributed by atoms with E-state index in [9.17, 15) is 0 Å². The second-order valence-electron chi connectivity index (χ2n) is 17.3. The van der Waals surface area contributed by atoms with E-state index in [2.05, 4.69) is 240 Å². The molecule has 12 rings (SSSR count). The average Bonchev–Trinajstić information content (AvgIpc) is 3.88. The Bertz CT molecular complexity index is 3510. The summed E-state index contributed by atoms with van der Waals surface area (Å²) in [5, 5.41) is 2.36. The van der Waals surface area contributed by atoms with Gasteiger partial charge in [0.25, 0.3) is 0 Å². The summed E-state index contributed by atoms with van der Waals surface area (Å²) in [6.07, 6.45) is 0. The molecule has 0 spiro atoms. The third-order valence-electron chi connectivity index (χ3n) is 13.6. The minimum atomic E-state index is -0.541. The first-order valence-electron chi connectivity index (χ1n) is 22.9. The summed E-state index contributed by atoms with van der Waals surface area (Å²) in [5.74, 6) is 0. The molecular formula is C63H46N4. The molecular weight excluding hydrogens is 813 g/mol. The predicted octanol–water partition coefficient (Wildman–Crippen LogP) is 15.4. The van der Waals surface area contributed by atoms with Crippen molar-refractivity contribution in [2.75, 3.05) is 10.6 Å². The fourth-order valence-corrected chi connectivity index (χ4v) is 10.6. The van der Waals surface area contributed by atoms with Crippen molar-refractivity contribution >= 4 is 50.3 Å². The lowest BCUT2D eigenvalue weighted by molar-refractivity contribution is 0.763. The van der Waals surface area contributed by atoms with E-state index in [-0.39, 0.29) is 0 Å². The summed E-state index contributed by atoms with van der Waals surface area (Å²) in [6, 6.07) is 91.4. The van der Waals surface area contributed by atoms with Gasteiger partial charge in [-0.05, 0) is 99.1 Å². The molecule has 0 atom stereocenters. The van der Waals surface area contributed by atoms with Crippen LogP contribution in [0, 0.1) is 0 Å². The maximum Gasteiger partial charge on any atom is 0.115 e. The van der Waals surface area contributed by atoms with E-state index in [4.69, 9.17) is 10.7 Å². The van der Waals surface area contributed by atoms with Gasteiger partial charge in [0, 0.05) is 44.6 Å². The fourth-order valence-electron chi connectivity index (χ4n) is 10.6. The van der Waals surface area contributed by atoms with Crippen LogP contribution in [0.1, 0.15) is 33.4 Å². The molecule has 0 radical (unpaired) electrons. The highest BCUT2D eigenvalue weighted by atomic mass is 15.1. The zero-order chi connectivity index (χ0) is 44.7. The van der Waals surface area contributed by atoms with Gasteiger partial charge in [0.1, 0.15) is 6.67 Å². The van der Waals surface area contributed by atoms with Crippen LogP contribution in [0.3, 0.4) is 0 Å². The summed E-state index contributed by atoms with van der Waals surface area (Å²) in [4.78, 5) is 7.83. The van der Waals surface area contributed by atoms with Crippen LogP contribution in [0.5, 0.6) is 0 Å². The van der Waals surface area contributed by atoms with Crippen molar-refractivity contribution in [2.24, 2.45) is 4.99 Å². The molecule has 0 amide bonds. The van der Waals surface area contributed by atoms with Gasteiger partial charge in [0.05, 0.1) is 22.2 Å². The molecule has 0 bridgehead atoms. The van der Waals surface area contributed by atoms with Gasteiger partial charge in [-0.1, -0.05) is 200 Å². The van der Waals surface area contributed by atoms with Gasteiger partial charge in [-0.25, -0.2) is 0 Å². The highest BCUT2D eigenvalue weighted by Crippen LogP contribution is 2.56. The minimum Gasteiger partial charge on any atom is -0.398 e. The number of benzene rings is 10. The van der Waals surface area contributed by atoms with Gasteiger partial charge in [-0.2, -0.15) is 0 Å². The SMILES string of the molecule is Nc1ccccc1C(=NCn1c2cc(-c3ccc(N(c4ccccc4)c4ccccc4)cc3)ccc2c2ccc(C3(c4ccccc4)c4ccccc4-c4ccccc43)cc21)c1ccccc1. The number of aliphatic imine (C=N–C) groups is 1. The molecule has 1 aliphatic carbocycles. The number of aromatic nitrogens is 1. The molecule has 0 aliphatic heterocycles. The molecule has 10 aromatic carbocycles. The van der Waals surface area contributed by atoms with Crippen molar-refractivity contribution in [3.05, 3.63) is 288 Å². The molecule has 4 heteroatoms. The largest absolute Gasteiger partial charge is 0.398 e. The number of fused-ring (bicyclic) bond motifs is 6. The van der Waals surface area contributed by atoms with Crippen molar-refractivity contribution in [2.45, 2.75) is 12.1 Å². The molecule has 1 heterocycles. The van der Waals surface area contributed by atoms with E-state index in [0.29, 0.717) is 12.4 Å². The average molecular weight is 859 g/mol. The van der Waals surface area contributed by atoms with Crippen molar-refractivity contribution in [1.82, 2.24) is 4.57 Å². The van der Waals surface area contributed by atoms with Crippen LogP contribution >= 0.6 is 0 Å². The third kappa shape index (κ3) is 6.73.